The molecule has 2 aromatic carbocycles. The van der Waals surface area contributed by atoms with Gasteiger partial charge in [-0.15, -0.1) is 0 Å². The Balaban J connectivity index is 1.84. The van der Waals surface area contributed by atoms with Gasteiger partial charge in [-0.05, 0) is 56.6 Å². The lowest BCUT2D eigenvalue weighted by atomic mass is 9.89. The summed E-state index contributed by atoms with van der Waals surface area (Å²) in [7, 11) is 0. The molecular formula is C20H21Cl2NO2. The van der Waals surface area contributed by atoms with E-state index in [9.17, 15) is 0 Å². The number of hydrogen-bond donors (Lipinski definition) is 1. The molecule has 2 aliphatic heterocycles. The third kappa shape index (κ3) is 3.21. The zero-order chi connectivity index (χ0) is 17.6. The monoisotopic (exact) mass is 377 g/mol. The van der Waals surface area contributed by atoms with Crippen LogP contribution in [0.2, 0.25) is 10.0 Å². The molecule has 2 aliphatic rings. The van der Waals surface area contributed by atoms with E-state index in [-0.39, 0.29) is 12.2 Å². The van der Waals surface area contributed by atoms with Gasteiger partial charge in [-0.1, -0.05) is 29.3 Å². The summed E-state index contributed by atoms with van der Waals surface area (Å²) in [6.07, 6.45) is 1.31. The number of benzene rings is 2. The molecule has 2 atom stereocenters. The molecule has 0 bridgehead atoms. The SMILES string of the molecule is CC(C)Oc1cc(-c2ccc(Cl)cc2Cl)cc2c1OC1CCNCC21. The van der Waals surface area contributed by atoms with Crippen LogP contribution in [0.15, 0.2) is 30.3 Å². The van der Waals surface area contributed by atoms with Crippen LogP contribution in [0.5, 0.6) is 11.5 Å². The number of rotatable bonds is 3. The van der Waals surface area contributed by atoms with Crippen LogP contribution < -0.4 is 14.8 Å². The van der Waals surface area contributed by atoms with E-state index < -0.39 is 0 Å². The van der Waals surface area contributed by atoms with Crippen molar-refractivity contribution in [2.75, 3.05) is 13.1 Å². The second-order valence-corrected chi connectivity index (χ2v) is 7.78. The maximum atomic E-state index is 6.44. The Morgan fingerprint density at radius 2 is 2.04 bits per heavy atom. The van der Waals surface area contributed by atoms with Crippen molar-refractivity contribution in [2.24, 2.45) is 0 Å². The van der Waals surface area contributed by atoms with Gasteiger partial charge < -0.3 is 14.8 Å². The summed E-state index contributed by atoms with van der Waals surface area (Å²) in [5.74, 6) is 2.04. The van der Waals surface area contributed by atoms with Crippen LogP contribution in [0.1, 0.15) is 31.7 Å². The first-order valence-electron chi connectivity index (χ1n) is 8.70. The first-order valence-corrected chi connectivity index (χ1v) is 9.46. The summed E-state index contributed by atoms with van der Waals surface area (Å²) in [5.41, 5.74) is 3.19. The van der Waals surface area contributed by atoms with Gasteiger partial charge in [0, 0.05) is 33.6 Å². The highest BCUT2D eigenvalue weighted by Gasteiger charge is 2.38. The van der Waals surface area contributed by atoms with Crippen molar-refractivity contribution in [3.8, 4) is 22.6 Å². The zero-order valence-corrected chi connectivity index (χ0v) is 15.8. The van der Waals surface area contributed by atoms with E-state index in [1.165, 1.54) is 5.56 Å². The Morgan fingerprint density at radius 3 is 2.80 bits per heavy atom. The molecule has 132 valence electrons. The lowest BCUT2D eigenvalue weighted by molar-refractivity contribution is 0.160. The highest BCUT2D eigenvalue weighted by Crippen LogP contribution is 2.49. The fraction of sp³-hybridized carbons (Fsp3) is 0.400. The Morgan fingerprint density at radius 1 is 1.20 bits per heavy atom. The number of hydrogen-bond acceptors (Lipinski definition) is 3. The first kappa shape index (κ1) is 17.0. The first-order chi connectivity index (χ1) is 12.0. The van der Waals surface area contributed by atoms with Gasteiger partial charge in [-0.2, -0.15) is 0 Å². The minimum Gasteiger partial charge on any atom is -0.487 e. The maximum Gasteiger partial charge on any atom is 0.165 e. The average molecular weight is 378 g/mol. The van der Waals surface area contributed by atoms with Crippen molar-refractivity contribution in [3.63, 3.8) is 0 Å². The largest absolute Gasteiger partial charge is 0.487 e. The van der Waals surface area contributed by atoms with Gasteiger partial charge in [0.05, 0.1) is 6.10 Å². The molecule has 4 rings (SSSR count). The fourth-order valence-corrected chi connectivity index (χ4v) is 4.20. The summed E-state index contributed by atoms with van der Waals surface area (Å²) >= 11 is 12.5. The number of nitrogens with one attached hydrogen (secondary N) is 1. The second-order valence-electron chi connectivity index (χ2n) is 6.94. The lowest BCUT2D eigenvalue weighted by Gasteiger charge is -2.24. The molecule has 0 aromatic heterocycles. The van der Waals surface area contributed by atoms with Crippen molar-refractivity contribution in [2.45, 2.75) is 38.4 Å². The predicted molar refractivity (Wildman–Crippen MR) is 102 cm³/mol. The molecule has 1 saturated heterocycles. The van der Waals surface area contributed by atoms with Crippen molar-refractivity contribution in [1.82, 2.24) is 5.32 Å². The van der Waals surface area contributed by atoms with Crippen molar-refractivity contribution in [3.05, 3.63) is 45.9 Å². The van der Waals surface area contributed by atoms with E-state index >= 15 is 0 Å². The predicted octanol–water partition coefficient (Wildman–Crippen LogP) is 5.29. The second kappa shape index (κ2) is 6.71. The molecule has 5 heteroatoms. The normalized spacial score (nSPS) is 21.6. The molecule has 1 N–H and O–H groups in total. The van der Waals surface area contributed by atoms with Gasteiger partial charge in [0.1, 0.15) is 6.10 Å². The minimum absolute atomic E-state index is 0.0735. The summed E-state index contributed by atoms with van der Waals surface area (Å²) < 4.78 is 12.3. The number of fused-ring (bicyclic) bond motifs is 3. The highest BCUT2D eigenvalue weighted by atomic mass is 35.5. The smallest absolute Gasteiger partial charge is 0.165 e. The van der Waals surface area contributed by atoms with Crippen molar-refractivity contribution < 1.29 is 9.47 Å². The van der Waals surface area contributed by atoms with Crippen LogP contribution in [0, 0.1) is 0 Å². The summed E-state index contributed by atoms with van der Waals surface area (Å²) in [6, 6.07) is 9.81. The third-order valence-electron chi connectivity index (χ3n) is 4.78. The molecule has 0 spiro atoms. The van der Waals surface area contributed by atoms with Crippen LogP contribution >= 0.6 is 23.2 Å². The van der Waals surface area contributed by atoms with Gasteiger partial charge in [0.25, 0.3) is 0 Å². The van der Waals surface area contributed by atoms with E-state index in [0.717, 1.165) is 42.1 Å². The van der Waals surface area contributed by atoms with Crippen molar-refractivity contribution in [1.29, 1.82) is 0 Å². The topological polar surface area (TPSA) is 30.5 Å². The fourth-order valence-electron chi connectivity index (χ4n) is 3.68. The van der Waals surface area contributed by atoms with E-state index in [0.29, 0.717) is 16.0 Å². The molecule has 2 unspecified atom stereocenters. The molecule has 25 heavy (non-hydrogen) atoms. The van der Waals surface area contributed by atoms with Crippen LogP contribution in [-0.2, 0) is 0 Å². The third-order valence-corrected chi connectivity index (χ3v) is 5.32. The van der Waals surface area contributed by atoms with Crippen molar-refractivity contribution >= 4 is 23.2 Å². The molecular weight excluding hydrogens is 357 g/mol. The van der Waals surface area contributed by atoms with Crippen LogP contribution in [0.25, 0.3) is 11.1 Å². The minimum atomic E-state index is 0.0735. The van der Waals surface area contributed by atoms with Gasteiger partial charge in [0.15, 0.2) is 11.5 Å². The van der Waals surface area contributed by atoms with E-state index in [1.807, 2.05) is 32.0 Å². The molecule has 2 aromatic rings. The van der Waals surface area contributed by atoms with Gasteiger partial charge in [-0.3, -0.25) is 0 Å². The highest BCUT2D eigenvalue weighted by molar-refractivity contribution is 6.36. The number of piperidine rings is 1. The van der Waals surface area contributed by atoms with Gasteiger partial charge >= 0.3 is 0 Å². The molecule has 0 saturated carbocycles. The number of halogens is 2. The van der Waals surface area contributed by atoms with E-state index in [2.05, 4.69) is 11.4 Å². The molecule has 0 aliphatic carbocycles. The van der Waals surface area contributed by atoms with E-state index in [4.69, 9.17) is 32.7 Å². The molecule has 2 heterocycles. The zero-order valence-electron chi connectivity index (χ0n) is 14.3. The standard InChI is InChI=1S/C20H21Cl2NO2/c1-11(2)24-19-8-12(14-4-3-13(21)9-17(14)22)7-15-16-10-23-6-5-18(16)25-20(15)19/h3-4,7-9,11,16,18,23H,5-6,10H2,1-2H3. The molecule has 0 radical (unpaired) electrons. The maximum absolute atomic E-state index is 6.44. The summed E-state index contributed by atoms with van der Waals surface area (Å²) in [5, 5.41) is 4.74. The molecule has 0 amide bonds. The summed E-state index contributed by atoms with van der Waals surface area (Å²) in [4.78, 5) is 0. The van der Waals surface area contributed by atoms with Crippen LogP contribution in [-0.4, -0.2) is 25.3 Å². The van der Waals surface area contributed by atoms with Crippen LogP contribution in [0.4, 0.5) is 0 Å². The Kier molecular flexibility index (Phi) is 4.57. The van der Waals surface area contributed by atoms with E-state index in [1.54, 1.807) is 6.07 Å². The summed E-state index contributed by atoms with van der Waals surface area (Å²) in [6.45, 7) is 5.97. The number of ether oxygens (including phenoxy) is 2. The molecule has 3 nitrogen and oxygen atoms in total. The molecule has 1 fully saturated rings. The van der Waals surface area contributed by atoms with Gasteiger partial charge in [-0.25, -0.2) is 0 Å². The van der Waals surface area contributed by atoms with Gasteiger partial charge in [0.2, 0.25) is 0 Å². The van der Waals surface area contributed by atoms with Crippen LogP contribution in [0.3, 0.4) is 0 Å². The average Bonchev–Trinajstić information content (AvgIpc) is 2.93. The Bertz CT molecular complexity index is 807. The quantitative estimate of drug-likeness (QED) is 0.788. The Labute approximate surface area is 158 Å². The Hall–Kier alpha value is -1.42. The lowest BCUT2D eigenvalue weighted by Crippen LogP contribution is -2.37.